The Hall–Kier alpha value is -1.81. The number of anilines is 1. The minimum absolute atomic E-state index is 0.402. The Morgan fingerprint density at radius 2 is 2.07 bits per heavy atom. The van der Waals surface area contributed by atoms with Crippen LogP contribution in [-0.2, 0) is 0 Å². The lowest BCUT2D eigenvalue weighted by atomic mass is 10.3. The summed E-state index contributed by atoms with van der Waals surface area (Å²) in [6.45, 7) is 0. The van der Waals surface area contributed by atoms with Gasteiger partial charge in [0, 0.05) is 29.2 Å². The fraction of sp³-hybridized carbons (Fsp3) is 0. The number of rotatable bonds is 2. The van der Waals surface area contributed by atoms with E-state index in [1.54, 1.807) is 30.6 Å². The molecule has 0 saturated carbocycles. The van der Waals surface area contributed by atoms with Gasteiger partial charge in [0.05, 0.1) is 6.20 Å². The first-order valence-electron chi connectivity index (χ1n) is 4.24. The summed E-state index contributed by atoms with van der Waals surface area (Å²) in [6.07, 6.45) is 4.62. The summed E-state index contributed by atoms with van der Waals surface area (Å²) in [5.41, 5.74) is 6.16. The molecule has 0 amide bonds. The Balaban J connectivity index is 2.25. The maximum atomic E-state index is 5.82. The second kappa shape index (κ2) is 4.14. The molecule has 0 aliphatic rings. The molecule has 76 valence electrons. The van der Waals surface area contributed by atoms with E-state index in [0.717, 1.165) is 0 Å². The van der Waals surface area contributed by atoms with E-state index >= 15 is 0 Å². The molecule has 1 heterocycles. The lowest BCUT2D eigenvalue weighted by Gasteiger charge is -2.04. The maximum absolute atomic E-state index is 5.82. The molecule has 0 unspecified atom stereocenters. The van der Waals surface area contributed by atoms with Crippen LogP contribution in [0.4, 0.5) is 5.69 Å². The monoisotopic (exact) mass is 221 g/mol. The predicted octanol–water partition coefficient (Wildman–Crippen LogP) is 2.50. The van der Waals surface area contributed by atoms with Crippen LogP contribution in [0.2, 0.25) is 5.02 Å². The van der Waals surface area contributed by atoms with Gasteiger partial charge in [0.25, 0.3) is 0 Å². The number of ether oxygens (including phenoxy) is 1. The van der Waals surface area contributed by atoms with Crippen LogP contribution in [0.1, 0.15) is 0 Å². The number of benzene rings is 1. The number of halogens is 1. The van der Waals surface area contributed by atoms with Gasteiger partial charge in [0.1, 0.15) is 5.75 Å². The van der Waals surface area contributed by atoms with Crippen molar-refractivity contribution in [1.29, 1.82) is 0 Å². The molecular weight excluding hydrogens is 214 g/mol. The first kappa shape index (κ1) is 9.73. The molecule has 0 saturated heterocycles. The molecule has 5 heteroatoms. The smallest absolute Gasteiger partial charge is 0.237 e. The largest absolute Gasteiger partial charge is 0.437 e. The Labute approximate surface area is 91.7 Å². The number of aromatic nitrogens is 2. The first-order valence-corrected chi connectivity index (χ1v) is 4.62. The van der Waals surface area contributed by atoms with Crippen LogP contribution in [0.3, 0.4) is 0 Å². The second-order valence-corrected chi connectivity index (χ2v) is 3.30. The summed E-state index contributed by atoms with van der Waals surface area (Å²) in [5.74, 6) is 0.944. The number of hydrogen-bond donors (Lipinski definition) is 1. The fourth-order valence-corrected chi connectivity index (χ4v) is 1.34. The molecule has 0 atom stereocenters. The molecule has 1 aromatic carbocycles. The average molecular weight is 222 g/mol. The quantitative estimate of drug-likeness (QED) is 0.792. The van der Waals surface area contributed by atoms with Gasteiger partial charge in [-0.05, 0) is 12.1 Å². The fourth-order valence-electron chi connectivity index (χ4n) is 1.10. The molecule has 0 radical (unpaired) electrons. The van der Waals surface area contributed by atoms with Crippen molar-refractivity contribution in [2.24, 2.45) is 0 Å². The number of hydrogen-bond acceptors (Lipinski definition) is 4. The van der Waals surface area contributed by atoms with Gasteiger partial charge in [0.2, 0.25) is 5.88 Å². The van der Waals surface area contributed by atoms with E-state index in [4.69, 9.17) is 22.1 Å². The van der Waals surface area contributed by atoms with E-state index in [1.807, 2.05) is 0 Å². The minimum Gasteiger partial charge on any atom is -0.437 e. The zero-order valence-electron chi connectivity index (χ0n) is 7.72. The standard InChI is InChI=1S/C10H8ClN3O/c11-7-3-8(12)5-9(4-7)15-10-6-13-1-2-14-10/h1-6H,12H2. The summed E-state index contributed by atoms with van der Waals surface area (Å²) in [7, 11) is 0. The van der Waals surface area contributed by atoms with Gasteiger partial charge in [-0.1, -0.05) is 11.6 Å². The molecule has 0 fully saturated rings. The normalized spacial score (nSPS) is 9.93. The van der Waals surface area contributed by atoms with Crippen molar-refractivity contribution in [1.82, 2.24) is 9.97 Å². The molecule has 1 aromatic heterocycles. The molecule has 0 spiro atoms. The van der Waals surface area contributed by atoms with E-state index < -0.39 is 0 Å². The Bertz CT molecular complexity index is 441. The molecular formula is C10H8ClN3O. The van der Waals surface area contributed by atoms with Crippen LogP contribution in [0, 0.1) is 0 Å². The highest BCUT2D eigenvalue weighted by Crippen LogP contribution is 2.25. The van der Waals surface area contributed by atoms with Crippen LogP contribution < -0.4 is 10.5 Å². The van der Waals surface area contributed by atoms with Crippen molar-refractivity contribution in [3.8, 4) is 11.6 Å². The lowest BCUT2D eigenvalue weighted by molar-refractivity contribution is 0.460. The van der Waals surface area contributed by atoms with E-state index in [9.17, 15) is 0 Å². The molecule has 2 rings (SSSR count). The summed E-state index contributed by atoms with van der Waals surface area (Å²) >= 11 is 5.82. The van der Waals surface area contributed by atoms with Gasteiger partial charge >= 0.3 is 0 Å². The molecule has 0 aliphatic carbocycles. The first-order chi connectivity index (χ1) is 7.24. The summed E-state index contributed by atoms with van der Waals surface area (Å²) < 4.78 is 5.40. The predicted molar refractivity (Wildman–Crippen MR) is 58.0 cm³/mol. The maximum Gasteiger partial charge on any atom is 0.237 e. The second-order valence-electron chi connectivity index (χ2n) is 2.87. The number of nitrogens with two attached hydrogens (primary N) is 1. The molecule has 2 aromatic rings. The zero-order chi connectivity index (χ0) is 10.7. The van der Waals surface area contributed by atoms with Gasteiger partial charge in [0.15, 0.2) is 0 Å². The van der Waals surface area contributed by atoms with E-state index in [1.165, 1.54) is 6.20 Å². The lowest BCUT2D eigenvalue weighted by Crippen LogP contribution is -1.90. The average Bonchev–Trinajstić information content (AvgIpc) is 2.17. The summed E-state index contributed by atoms with van der Waals surface area (Å²) in [4.78, 5) is 7.84. The zero-order valence-corrected chi connectivity index (χ0v) is 8.48. The van der Waals surface area contributed by atoms with Crippen molar-refractivity contribution in [2.75, 3.05) is 5.73 Å². The number of nitrogens with zero attached hydrogens (tertiary/aromatic N) is 2. The third-order valence-corrected chi connectivity index (χ3v) is 1.87. The van der Waals surface area contributed by atoms with Gasteiger partial charge in [-0.25, -0.2) is 4.98 Å². The highest BCUT2D eigenvalue weighted by atomic mass is 35.5. The van der Waals surface area contributed by atoms with Crippen molar-refractivity contribution in [2.45, 2.75) is 0 Å². The van der Waals surface area contributed by atoms with Crippen molar-refractivity contribution in [3.05, 3.63) is 41.8 Å². The highest BCUT2D eigenvalue weighted by molar-refractivity contribution is 6.31. The number of nitrogen functional groups attached to an aromatic ring is 1. The van der Waals surface area contributed by atoms with Crippen LogP contribution in [0.15, 0.2) is 36.8 Å². The highest BCUT2D eigenvalue weighted by Gasteiger charge is 2.00. The Kier molecular flexibility index (Phi) is 2.69. The van der Waals surface area contributed by atoms with Crippen molar-refractivity contribution < 1.29 is 4.74 Å². The summed E-state index contributed by atoms with van der Waals surface area (Å²) in [5, 5.41) is 0.522. The third-order valence-electron chi connectivity index (χ3n) is 1.66. The SMILES string of the molecule is Nc1cc(Cl)cc(Oc2cnccn2)c1. The van der Waals surface area contributed by atoms with Gasteiger partial charge in [-0.3, -0.25) is 4.98 Å². The van der Waals surface area contributed by atoms with Crippen LogP contribution >= 0.6 is 11.6 Å². The van der Waals surface area contributed by atoms with Crippen LogP contribution in [0.25, 0.3) is 0 Å². The Morgan fingerprint density at radius 1 is 1.20 bits per heavy atom. The summed E-state index contributed by atoms with van der Waals surface area (Å²) in [6, 6.07) is 4.97. The van der Waals surface area contributed by atoms with Crippen molar-refractivity contribution >= 4 is 17.3 Å². The van der Waals surface area contributed by atoms with Crippen LogP contribution in [-0.4, -0.2) is 9.97 Å². The van der Waals surface area contributed by atoms with Gasteiger partial charge < -0.3 is 10.5 Å². The third kappa shape index (κ3) is 2.57. The van der Waals surface area contributed by atoms with Crippen LogP contribution in [0.5, 0.6) is 11.6 Å². The topological polar surface area (TPSA) is 61.0 Å². The van der Waals surface area contributed by atoms with Gasteiger partial charge in [-0.15, -0.1) is 0 Å². The molecule has 2 N–H and O–H groups in total. The van der Waals surface area contributed by atoms with E-state index in [2.05, 4.69) is 9.97 Å². The van der Waals surface area contributed by atoms with Crippen molar-refractivity contribution in [3.63, 3.8) is 0 Å². The molecule has 4 nitrogen and oxygen atoms in total. The minimum atomic E-state index is 0.402. The van der Waals surface area contributed by atoms with E-state index in [0.29, 0.717) is 22.3 Å². The Morgan fingerprint density at radius 3 is 2.73 bits per heavy atom. The van der Waals surface area contributed by atoms with Gasteiger partial charge in [-0.2, -0.15) is 0 Å². The molecule has 0 aliphatic heterocycles. The molecule has 0 bridgehead atoms. The molecule has 15 heavy (non-hydrogen) atoms. The van der Waals surface area contributed by atoms with E-state index in [-0.39, 0.29) is 0 Å².